The van der Waals surface area contributed by atoms with E-state index in [0.717, 1.165) is 77.0 Å². The average Bonchev–Trinajstić information content (AvgIpc) is 3.38. The summed E-state index contributed by atoms with van der Waals surface area (Å²) in [5.74, 6) is -0.323. The maximum Gasteiger partial charge on any atom is 0.306 e. The molecule has 0 radical (unpaired) electrons. The molecule has 0 bridgehead atoms. The summed E-state index contributed by atoms with van der Waals surface area (Å²) < 4.78 is 23.0. The van der Waals surface area contributed by atoms with Gasteiger partial charge in [0.25, 0.3) is 0 Å². The smallest absolute Gasteiger partial charge is 0.306 e. The largest absolute Gasteiger partial charge is 0.457 e. The average molecular weight is 1010 g/mol. The van der Waals surface area contributed by atoms with Crippen molar-refractivity contribution in [2.24, 2.45) is 0 Å². The molecular formula is C63H112O9. The first-order valence-electron chi connectivity index (χ1n) is 30.0. The molecule has 9 heteroatoms. The molecule has 0 aromatic carbocycles. The summed E-state index contributed by atoms with van der Waals surface area (Å²) in [6.45, 7) is 4.46. The Balaban J connectivity index is 2.15. The van der Waals surface area contributed by atoms with Crippen LogP contribution in [-0.2, 0) is 23.7 Å². The number of aliphatic hydroxyl groups is 4. The molecule has 1 aliphatic heterocycles. The lowest BCUT2D eigenvalue weighted by molar-refractivity contribution is -0.305. The Kier molecular flexibility index (Phi) is 50.2. The summed E-state index contributed by atoms with van der Waals surface area (Å²) in [6.07, 6.45) is 65.3. The van der Waals surface area contributed by atoms with Crippen LogP contribution in [-0.4, -0.2) is 89.6 Å². The van der Waals surface area contributed by atoms with Gasteiger partial charge in [0, 0.05) is 13.0 Å². The van der Waals surface area contributed by atoms with Gasteiger partial charge in [0.05, 0.1) is 19.8 Å². The van der Waals surface area contributed by atoms with Gasteiger partial charge in [-0.05, 0) is 83.5 Å². The number of rotatable bonds is 52. The van der Waals surface area contributed by atoms with Crippen LogP contribution in [0.2, 0.25) is 0 Å². The molecule has 1 saturated heterocycles. The van der Waals surface area contributed by atoms with E-state index in [4.69, 9.17) is 18.9 Å². The van der Waals surface area contributed by atoms with E-state index in [1.165, 1.54) is 161 Å². The lowest BCUT2D eigenvalue weighted by atomic mass is 9.99. The third-order valence-electron chi connectivity index (χ3n) is 13.6. The first kappa shape index (κ1) is 67.6. The predicted octanol–water partition coefficient (Wildman–Crippen LogP) is 15.9. The first-order valence-corrected chi connectivity index (χ1v) is 30.0. The van der Waals surface area contributed by atoms with Gasteiger partial charge in [0.1, 0.15) is 30.5 Å². The zero-order valence-electron chi connectivity index (χ0n) is 46.4. The number of carbonyl (C=O) groups excluding carboxylic acids is 1. The zero-order chi connectivity index (χ0) is 52.1. The molecule has 0 amide bonds. The van der Waals surface area contributed by atoms with E-state index in [-0.39, 0.29) is 19.2 Å². The predicted molar refractivity (Wildman–Crippen MR) is 302 cm³/mol. The van der Waals surface area contributed by atoms with Crippen molar-refractivity contribution in [3.05, 3.63) is 72.9 Å². The number of aliphatic hydroxyl groups excluding tert-OH is 4. The fraction of sp³-hybridized carbons (Fsp3) is 0.794. The molecule has 418 valence electrons. The molecule has 6 unspecified atom stereocenters. The van der Waals surface area contributed by atoms with E-state index in [9.17, 15) is 25.2 Å². The minimum Gasteiger partial charge on any atom is -0.457 e. The standard InChI is InChI=1S/C63H112O9/c1-3-5-7-9-11-13-15-17-19-21-23-25-27-28-29-31-33-35-37-39-41-43-45-47-49-51-53-69-55-57(56-70-63-62(68)61(67)60(66)58(54-64)72-63)71-59(65)52-50-48-46-44-42-40-38-36-34-32-30-26-24-22-20-18-16-14-12-10-8-6-4-2/h6,8,12,14,18,20-21,23-24,26,32,34,57-58,60-64,66-68H,3-5,7,9-11,13,15-17,19,22,25,27-31,33,35-56H2,1-2H3/b8-6-,14-12-,20-18-,23-21-,26-24-,34-32-. The van der Waals surface area contributed by atoms with Crippen LogP contribution in [0.5, 0.6) is 0 Å². The first-order chi connectivity index (χ1) is 35.4. The number of unbranched alkanes of at least 4 members (excludes halogenated alkanes) is 29. The van der Waals surface area contributed by atoms with E-state index >= 15 is 0 Å². The van der Waals surface area contributed by atoms with Crippen molar-refractivity contribution in [3.8, 4) is 0 Å². The molecule has 1 rings (SSSR count). The van der Waals surface area contributed by atoms with Gasteiger partial charge in [-0.1, -0.05) is 241 Å². The Morgan fingerprint density at radius 3 is 1.29 bits per heavy atom. The lowest BCUT2D eigenvalue weighted by Crippen LogP contribution is -2.59. The highest BCUT2D eigenvalue weighted by atomic mass is 16.7. The second kappa shape index (κ2) is 53.5. The van der Waals surface area contributed by atoms with Crippen LogP contribution in [0, 0.1) is 0 Å². The van der Waals surface area contributed by atoms with Crippen LogP contribution < -0.4 is 0 Å². The minimum atomic E-state index is -1.54. The summed E-state index contributed by atoms with van der Waals surface area (Å²) in [5.41, 5.74) is 0. The molecule has 0 aliphatic carbocycles. The topological polar surface area (TPSA) is 135 Å². The number of hydrogen-bond acceptors (Lipinski definition) is 9. The van der Waals surface area contributed by atoms with Crippen LogP contribution in [0.3, 0.4) is 0 Å². The van der Waals surface area contributed by atoms with Gasteiger partial charge < -0.3 is 39.4 Å². The summed E-state index contributed by atoms with van der Waals surface area (Å²) >= 11 is 0. The molecule has 1 aliphatic rings. The van der Waals surface area contributed by atoms with Crippen LogP contribution >= 0.6 is 0 Å². The summed E-state index contributed by atoms with van der Waals surface area (Å²) in [4.78, 5) is 12.9. The fourth-order valence-electron chi connectivity index (χ4n) is 8.99. The van der Waals surface area contributed by atoms with Gasteiger partial charge >= 0.3 is 5.97 Å². The monoisotopic (exact) mass is 1010 g/mol. The van der Waals surface area contributed by atoms with Crippen LogP contribution in [0.25, 0.3) is 0 Å². The number of carbonyl (C=O) groups is 1. The van der Waals surface area contributed by atoms with Crippen molar-refractivity contribution in [1.82, 2.24) is 0 Å². The second-order valence-electron chi connectivity index (χ2n) is 20.4. The van der Waals surface area contributed by atoms with Gasteiger partial charge in [-0.25, -0.2) is 0 Å². The molecule has 6 atom stereocenters. The van der Waals surface area contributed by atoms with Crippen LogP contribution in [0.4, 0.5) is 0 Å². The third kappa shape index (κ3) is 42.9. The molecule has 1 fully saturated rings. The molecule has 0 aromatic heterocycles. The third-order valence-corrected chi connectivity index (χ3v) is 13.6. The Morgan fingerprint density at radius 1 is 0.458 bits per heavy atom. The maximum absolute atomic E-state index is 12.9. The molecular weight excluding hydrogens is 901 g/mol. The van der Waals surface area contributed by atoms with E-state index in [2.05, 4.69) is 86.8 Å². The summed E-state index contributed by atoms with van der Waals surface area (Å²) in [6, 6.07) is 0. The van der Waals surface area contributed by atoms with Gasteiger partial charge in [0.15, 0.2) is 6.29 Å². The van der Waals surface area contributed by atoms with E-state index in [1.54, 1.807) is 0 Å². The number of esters is 1. The Bertz CT molecular complexity index is 1340. The zero-order valence-corrected chi connectivity index (χ0v) is 46.4. The molecule has 72 heavy (non-hydrogen) atoms. The van der Waals surface area contributed by atoms with Crippen LogP contribution in [0.15, 0.2) is 72.9 Å². The normalized spacial score (nSPS) is 19.2. The number of allylic oxidation sites excluding steroid dienone is 12. The van der Waals surface area contributed by atoms with Crippen molar-refractivity contribution < 1.29 is 44.2 Å². The van der Waals surface area contributed by atoms with Crippen molar-refractivity contribution in [1.29, 1.82) is 0 Å². The van der Waals surface area contributed by atoms with E-state index < -0.39 is 43.4 Å². The van der Waals surface area contributed by atoms with Gasteiger partial charge in [-0.3, -0.25) is 4.79 Å². The van der Waals surface area contributed by atoms with Crippen molar-refractivity contribution in [2.75, 3.05) is 26.4 Å². The summed E-state index contributed by atoms with van der Waals surface area (Å²) in [7, 11) is 0. The highest BCUT2D eigenvalue weighted by molar-refractivity contribution is 5.69. The van der Waals surface area contributed by atoms with Gasteiger partial charge in [-0.15, -0.1) is 0 Å². The van der Waals surface area contributed by atoms with Crippen molar-refractivity contribution in [3.63, 3.8) is 0 Å². The maximum atomic E-state index is 12.9. The highest BCUT2D eigenvalue weighted by Crippen LogP contribution is 2.23. The Morgan fingerprint density at radius 2 is 0.847 bits per heavy atom. The van der Waals surface area contributed by atoms with Gasteiger partial charge in [-0.2, -0.15) is 0 Å². The fourth-order valence-corrected chi connectivity index (χ4v) is 8.99. The molecule has 0 aromatic rings. The lowest BCUT2D eigenvalue weighted by Gasteiger charge is -2.39. The summed E-state index contributed by atoms with van der Waals surface area (Å²) in [5, 5.41) is 40.4. The Hall–Kier alpha value is -2.37. The van der Waals surface area contributed by atoms with E-state index in [1.807, 2.05) is 0 Å². The van der Waals surface area contributed by atoms with Crippen LogP contribution in [0.1, 0.15) is 258 Å². The minimum absolute atomic E-state index is 0.120. The number of hydrogen-bond donors (Lipinski definition) is 4. The molecule has 4 N–H and O–H groups in total. The second-order valence-corrected chi connectivity index (χ2v) is 20.4. The number of ether oxygens (including phenoxy) is 4. The van der Waals surface area contributed by atoms with Crippen molar-refractivity contribution >= 4 is 5.97 Å². The highest BCUT2D eigenvalue weighted by Gasteiger charge is 2.44. The molecule has 0 saturated carbocycles. The molecule has 1 heterocycles. The Labute approximate surface area is 442 Å². The molecule has 0 spiro atoms. The SMILES string of the molecule is CC/C=C\C/C=C\C/C=C\C/C=C\C/C=C\CCCCCCCCCC(=O)OC(COCCCCCCCCCCCCCCCC/C=C\CCCCCCCCCC)COC1OC(CO)C(O)C(O)C1O. The quantitative estimate of drug-likeness (QED) is 0.0267. The van der Waals surface area contributed by atoms with E-state index in [0.29, 0.717) is 13.0 Å². The van der Waals surface area contributed by atoms with Gasteiger partial charge in [0.2, 0.25) is 0 Å². The molecule has 9 nitrogen and oxygen atoms in total. The van der Waals surface area contributed by atoms with Crippen molar-refractivity contribution in [2.45, 2.75) is 295 Å².